The first-order chi connectivity index (χ1) is 12.8. The van der Waals surface area contributed by atoms with E-state index in [2.05, 4.69) is 5.32 Å². The van der Waals surface area contributed by atoms with Crippen LogP contribution in [0.4, 0.5) is 0 Å². The quantitative estimate of drug-likeness (QED) is 0.535. The predicted octanol–water partition coefficient (Wildman–Crippen LogP) is 0.708. The second-order valence-electron chi connectivity index (χ2n) is 6.32. The van der Waals surface area contributed by atoms with Crippen molar-refractivity contribution in [3.8, 4) is 5.75 Å². The first-order valence-corrected chi connectivity index (χ1v) is 8.69. The van der Waals surface area contributed by atoms with E-state index in [1.807, 2.05) is 0 Å². The lowest BCUT2D eigenvalue weighted by atomic mass is 10.1. The number of nitrogens with one attached hydrogen (secondary N) is 1. The summed E-state index contributed by atoms with van der Waals surface area (Å²) < 4.78 is 10.5. The Hall–Kier alpha value is -2.49. The van der Waals surface area contributed by atoms with Gasteiger partial charge in [0.2, 0.25) is 5.91 Å². The lowest BCUT2D eigenvalue weighted by molar-refractivity contribution is -0.141. The van der Waals surface area contributed by atoms with Crippen molar-refractivity contribution in [3.63, 3.8) is 0 Å². The van der Waals surface area contributed by atoms with Crippen LogP contribution in [0.3, 0.4) is 0 Å². The van der Waals surface area contributed by atoms with E-state index >= 15 is 0 Å². The molecule has 1 amide bonds. The van der Waals surface area contributed by atoms with Gasteiger partial charge in [0.15, 0.2) is 12.4 Å². The van der Waals surface area contributed by atoms with Gasteiger partial charge in [-0.3, -0.25) is 9.59 Å². The van der Waals surface area contributed by atoms with E-state index in [4.69, 9.17) is 14.6 Å². The number of carbonyl (C=O) groups excluding carboxylic acids is 2. The summed E-state index contributed by atoms with van der Waals surface area (Å²) in [4.78, 5) is 34.8. The number of amides is 1. The number of hydroxylamine groups is 2. The minimum absolute atomic E-state index is 0.0801. The van der Waals surface area contributed by atoms with E-state index in [1.165, 1.54) is 29.3 Å². The first kappa shape index (κ1) is 20.8. The van der Waals surface area contributed by atoms with Crippen molar-refractivity contribution in [2.45, 2.75) is 31.9 Å². The van der Waals surface area contributed by atoms with Gasteiger partial charge in [0, 0.05) is 18.7 Å². The van der Waals surface area contributed by atoms with Crippen LogP contribution in [0.5, 0.6) is 5.75 Å². The number of aliphatic carboxylic acids is 1. The van der Waals surface area contributed by atoms with Gasteiger partial charge < -0.3 is 25.1 Å². The molecule has 0 spiro atoms. The molecule has 1 heterocycles. The molecule has 1 aliphatic rings. The number of rotatable bonds is 9. The summed E-state index contributed by atoms with van der Waals surface area (Å²) in [6.07, 6.45) is 1.21. The molecule has 3 N–H and O–H groups in total. The zero-order valence-corrected chi connectivity index (χ0v) is 15.1. The standard InChI is InChI=1S/C18H24N2O7/c1-12(19-16(21)10-26-15-6-8-20(25)9-7-15)18(24)13-2-4-14(5-3-13)27-11-17(22)23/h2-5,12,15,25H,6-11H2,1H3,(H,19,21)(H,22,23)/t12-/m0/s1. The number of ether oxygens (including phenoxy) is 2. The molecule has 1 fully saturated rings. The second-order valence-corrected chi connectivity index (χ2v) is 6.32. The Morgan fingerprint density at radius 1 is 1.19 bits per heavy atom. The van der Waals surface area contributed by atoms with Gasteiger partial charge in [-0.1, -0.05) is 0 Å². The minimum atomic E-state index is -1.09. The number of piperidine rings is 1. The van der Waals surface area contributed by atoms with Gasteiger partial charge >= 0.3 is 5.97 Å². The normalized spacial score (nSPS) is 16.5. The summed E-state index contributed by atoms with van der Waals surface area (Å²) in [6.45, 7) is 1.99. The van der Waals surface area contributed by atoms with Crippen molar-refractivity contribution < 1.29 is 34.2 Å². The van der Waals surface area contributed by atoms with Gasteiger partial charge in [-0.05, 0) is 44.0 Å². The van der Waals surface area contributed by atoms with Gasteiger partial charge in [0.25, 0.3) is 0 Å². The van der Waals surface area contributed by atoms with Crippen LogP contribution in [-0.4, -0.2) is 71.5 Å². The maximum Gasteiger partial charge on any atom is 0.341 e. The average molecular weight is 380 g/mol. The lowest BCUT2D eigenvalue weighted by Crippen LogP contribution is -2.42. The summed E-state index contributed by atoms with van der Waals surface area (Å²) in [5.41, 5.74) is 0.377. The maximum atomic E-state index is 12.4. The highest BCUT2D eigenvalue weighted by Gasteiger charge is 2.21. The second kappa shape index (κ2) is 10.0. The van der Waals surface area contributed by atoms with Crippen molar-refractivity contribution in [1.82, 2.24) is 10.4 Å². The number of carbonyl (C=O) groups is 3. The van der Waals surface area contributed by atoms with E-state index in [0.717, 1.165) is 0 Å². The molecular formula is C18H24N2O7. The molecule has 9 nitrogen and oxygen atoms in total. The molecule has 2 rings (SSSR count). The van der Waals surface area contributed by atoms with Crippen molar-refractivity contribution in [2.24, 2.45) is 0 Å². The van der Waals surface area contributed by atoms with Crippen LogP contribution in [0.15, 0.2) is 24.3 Å². The van der Waals surface area contributed by atoms with Crippen LogP contribution in [0.2, 0.25) is 0 Å². The highest BCUT2D eigenvalue weighted by atomic mass is 16.5. The molecule has 0 aromatic heterocycles. The molecule has 1 saturated heterocycles. The fourth-order valence-corrected chi connectivity index (χ4v) is 2.66. The monoisotopic (exact) mass is 380 g/mol. The number of nitrogens with zero attached hydrogens (tertiary/aromatic N) is 1. The van der Waals surface area contributed by atoms with Gasteiger partial charge in [-0.2, -0.15) is 5.06 Å². The Morgan fingerprint density at radius 3 is 2.41 bits per heavy atom. The number of carboxylic acids is 1. The predicted molar refractivity (Wildman–Crippen MR) is 93.8 cm³/mol. The number of carboxylic acid groups (broad SMARTS) is 1. The summed E-state index contributed by atoms with van der Waals surface area (Å²) in [7, 11) is 0. The average Bonchev–Trinajstić information content (AvgIpc) is 2.65. The van der Waals surface area contributed by atoms with Crippen LogP contribution in [0.1, 0.15) is 30.1 Å². The molecule has 9 heteroatoms. The molecular weight excluding hydrogens is 356 g/mol. The Labute approximate surface area is 156 Å². The Bertz CT molecular complexity index is 654. The fraction of sp³-hybridized carbons (Fsp3) is 0.500. The molecule has 148 valence electrons. The highest BCUT2D eigenvalue weighted by Crippen LogP contribution is 2.14. The lowest BCUT2D eigenvalue weighted by Gasteiger charge is -2.27. The van der Waals surface area contributed by atoms with Crippen LogP contribution in [0.25, 0.3) is 0 Å². The smallest absolute Gasteiger partial charge is 0.341 e. The molecule has 0 bridgehead atoms. The topological polar surface area (TPSA) is 125 Å². The largest absolute Gasteiger partial charge is 0.482 e. The Balaban J connectivity index is 1.77. The molecule has 27 heavy (non-hydrogen) atoms. The summed E-state index contributed by atoms with van der Waals surface area (Å²) >= 11 is 0. The number of benzene rings is 1. The third kappa shape index (κ3) is 6.97. The molecule has 1 aromatic carbocycles. The SMILES string of the molecule is C[C@H](NC(=O)COC1CCN(O)CC1)C(=O)c1ccc(OCC(=O)O)cc1. The molecule has 1 aliphatic heterocycles. The van der Waals surface area contributed by atoms with Crippen LogP contribution in [-0.2, 0) is 14.3 Å². The van der Waals surface area contributed by atoms with Crippen molar-refractivity contribution in [1.29, 1.82) is 0 Å². The van der Waals surface area contributed by atoms with E-state index < -0.39 is 18.6 Å². The molecule has 0 saturated carbocycles. The van der Waals surface area contributed by atoms with E-state index in [9.17, 15) is 19.6 Å². The third-order valence-electron chi connectivity index (χ3n) is 4.14. The highest BCUT2D eigenvalue weighted by molar-refractivity contribution is 6.01. The summed E-state index contributed by atoms with van der Waals surface area (Å²) in [6, 6.07) is 5.30. The zero-order valence-electron chi connectivity index (χ0n) is 15.1. The van der Waals surface area contributed by atoms with Crippen LogP contribution < -0.4 is 10.1 Å². The number of hydrogen-bond donors (Lipinski definition) is 3. The van der Waals surface area contributed by atoms with E-state index in [-0.39, 0.29) is 24.4 Å². The third-order valence-corrected chi connectivity index (χ3v) is 4.14. The number of hydrogen-bond acceptors (Lipinski definition) is 7. The Kier molecular flexibility index (Phi) is 7.71. The molecule has 0 aliphatic carbocycles. The van der Waals surface area contributed by atoms with Crippen molar-refractivity contribution in [3.05, 3.63) is 29.8 Å². The molecule has 1 aromatic rings. The zero-order chi connectivity index (χ0) is 19.8. The minimum Gasteiger partial charge on any atom is -0.482 e. The Morgan fingerprint density at radius 2 is 1.81 bits per heavy atom. The van der Waals surface area contributed by atoms with E-state index in [0.29, 0.717) is 37.2 Å². The van der Waals surface area contributed by atoms with Crippen molar-refractivity contribution in [2.75, 3.05) is 26.3 Å². The van der Waals surface area contributed by atoms with Gasteiger partial charge in [-0.15, -0.1) is 0 Å². The fourth-order valence-electron chi connectivity index (χ4n) is 2.66. The number of ketones is 1. The van der Waals surface area contributed by atoms with Gasteiger partial charge in [0.1, 0.15) is 12.4 Å². The van der Waals surface area contributed by atoms with Crippen LogP contribution >= 0.6 is 0 Å². The van der Waals surface area contributed by atoms with Crippen LogP contribution in [0, 0.1) is 0 Å². The van der Waals surface area contributed by atoms with Gasteiger partial charge in [0.05, 0.1) is 12.1 Å². The maximum absolute atomic E-state index is 12.4. The molecule has 1 atom stereocenters. The first-order valence-electron chi connectivity index (χ1n) is 8.69. The summed E-state index contributed by atoms with van der Waals surface area (Å²) in [5.74, 6) is -1.41. The number of Topliss-reactive ketones (excluding diaryl/α,β-unsaturated/α-hetero) is 1. The van der Waals surface area contributed by atoms with E-state index in [1.54, 1.807) is 6.92 Å². The molecule has 0 radical (unpaired) electrons. The van der Waals surface area contributed by atoms with Crippen molar-refractivity contribution >= 4 is 17.7 Å². The van der Waals surface area contributed by atoms with Gasteiger partial charge in [-0.25, -0.2) is 4.79 Å². The summed E-state index contributed by atoms with van der Waals surface area (Å²) in [5, 5.41) is 21.7. The molecule has 0 unspecified atom stereocenters.